The molecule has 260 valence electrons. The first-order chi connectivity index (χ1) is 26.0. The summed E-state index contributed by atoms with van der Waals surface area (Å²) in [6.07, 6.45) is 9.91. The van der Waals surface area contributed by atoms with Crippen LogP contribution in [0.15, 0.2) is 158 Å². The molecule has 1 aliphatic carbocycles. The van der Waals surface area contributed by atoms with Crippen molar-refractivity contribution in [3.05, 3.63) is 163 Å². The summed E-state index contributed by atoms with van der Waals surface area (Å²) in [7, 11) is 0. The van der Waals surface area contributed by atoms with E-state index in [0.29, 0.717) is 0 Å². The molecule has 0 spiro atoms. The number of hydrogen-bond donors (Lipinski definition) is 1. The van der Waals surface area contributed by atoms with Crippen LogP contribution in [0.25, 0.3) is 82.8 Å². The number of benzene rings is 6. The summed E-state index contributed by atoms with van der Waals surface area (Å²) in [6.45, 7) is 8.90. The van der Waals surface area contributed by atoms with Crippen LogP contribution in [0.1, 0.15) is 39.7 Å². The van der Waals surface area contributed by atoms with Crippen molar-refractivity contribution >= 4 is 54.9 Å². The van der Waals surface area contributed by atoms with E-state index in [2.05, 4.69) is 195 Å². The molecule has 2 N–H and O–H groups in total. The van der Waals surface area contributed by atoms with Crippen molar-refractivity contribution < 1.29 is 0 Å². The minimum absolute atomic E-state index is 0.00224. The van der Waals surface area contributed by atoms with Crippen molar-refractivity contribution in [3.8, 4) is 27.9 Å². The fraction of sp³-hybridized carbons (Fsp3) is 0.160. The second-order valence-corrected chi connectivity index (χ2v) is 14.9. The zero-order chi connectivity index (χ0) is 36.2. The van der Waals surface area contributed by atoms with Crippen molar-refractivity contribution in [3.63, 3.8) is 0 Å². The SMILES string of the molecule is C/C(=C(\C1C=CC=CC1N)n1c2ccccc2c2cc3c(cc21)-c1ccccc1-c1cccc2c4ccccc4n-3c12)c1ccccc1.CCC(C)C. The molecule has 0 radical (unpaired) electrons. The van der Waals surface area contributed by atoms with E-state index in [0.717, 1.165) is 5.92 Å². The molecule has 6 aromatic carbocycles. The summed E-state index contributed by atoms with van der Waals surface area (Å²) in [5.41, 5.74) is 21.6. The smallest absolute Gasteiger partial charge is 0.0619 e. The number of fused-ring (bicyclic) bond motifs is 11. The Balaban J connectivity index is 0.000000700. The van der Waals surface area contributed by atoms with E-state index in [1.807, 2.05) is 0 Å². The van der Waals surface area contributed by atoms with E-state index in [4.69, 9.17) is 5.73 Å². The lowest BCUT2D eigenvalue weighted by atomic mass is 9.88. The van der Waals surface area contributed by atoms with Gasteiger partial charge >= 0.3 is 0 Å². The Labute approximate surface area is 312 Å². The zero-order valence-electron chi connectivity index (χ0n) is 30.9. The van der Waals surface area contributed by atoms with Gasteiger partial charge in [0.1, 0.15) is 0 Å². The summed E-state index contributed by atoms with van der Waals surface area (Å²) in [6, 6.07) is 48.8. The number of para-hydroxylation sites is 3. The predicted molar refractivity (Wildman–Crippen MR) is 228 cm³/mol. The predicted octanol–water partition coefficient (Wildman–Crippen LogP) is 13.0. The molecule has 2 unspecified atom stereocenters. The standard InChI is InChI=1S/C45H33N3.C5H12/c1-28(29-14-3-2-4-15-29)44(36-20-7-10-23-39(36)46)47-41-25-12-9-19-33(41)38-27-42-37(26-43(38)47)31-17-6-5-16-30(31)34-21-13-22-35-32-18-8-11-24-40(32)48(42)45(34)35;1-4-5(2)3/h2-27,36,39H,46H2,1H3;5H,4H2,1-3H3/b44-28-;. The Kier molecular flexibility index (Phi) is 8.25. The fourth-order valence-electron chi connectivity index (χ4n) is 8.40. The highest BCUT2D eigenvalue weighted by Crippen LogP contribution is 2.49. The minimum Gasteiger partial charge on any atom is -0.324 e. The van der Waals surface area contributed by atoms with Gasteiger partial charge in [0.05, 0.1) is 27.8 Å². The van der Waals surface area contributed by atoms with Crippen LogP contribution in [0.3, 0.4) is 0 Å². The summed E-state index contributed by atoms with van der Waals surface area (Å²) in [5.74, 6) is 0.882. The summed E-state index contributed by atoms with van der Waals surface area (Å²) in [4.78, 5) is 0. The number of allylic oxidation sites excluding steroid dienone is 3. The molecule has 0 bridgehead atoms. The van der Waals surface area contributed by atoms with Gasteiger partial charge in [0.15, 0.2) is 0 Å². The number of rotatable bonds is 4. The largest absolute Gasteiger partial charge is 0.324 e. The average molecular weight is 688 g/mol. The van der Waals surface area contributed by atoms with Gasteiger partial charge in [-0.2, -0.15) is 0 Å². The Morgan fingerprint density at radius 2 is 1.19 bits per heavy atom. The topological polar surface area (TPSA) is 35.9 Å². The van der Waals surface area contributed by atoms with Gasteiger partial charge in [-0.15, -0.1) is 0 Å². The number of aromatic nitrogens is 2. The van der Waals surface area contributed by atoms with E-state index in [-0.39, 0.29) is 12.0 Å². The molecule has 2 atom stereocenters. The lowest BCUT2D eigenvalue weighted by Crippen LogP contribution is -2.31. The molecule has 0 saturated heterocycles. The van der Waals surface area contributed by atoms with E-state index < -0.39 is 0 Å². The van der Waals surface area contributed by atoms with Crippen molar-refractivity contribution in [2.75, 3.05) is 0 Å². The molecule has 3 heteroatoms. The highest BCUT2D eigenvalue weighted by Gasteiger charge is 2.29. The van der Waals surface area contributed by atoms with Crippen molar-refractivity contribution in [1.82, 2.24) is 9.13 Å². The molecule has 0 saturated carbocycles. The third kappa shape index (κ3) is 5.30. The van der Waals surface area contributed by atoms with E-state index in [1.165, 1.54) is 94.8 Å². The molecule has 1 aliphatic heterocycles. The summed E-state index contributed by atoms with van der Waals surface area (Å²) >= 11 is 0. The first kappa shape index (κ1) is 33.0. The quantitative estimate of drug-likeness (QED) is 0.196. The molecule has 0 amide bonds. The maximum Gasteiger partial charge on any atom is 0.0619 e. The van der Waals surface area contributed by atoms with Gasteiger partial charge in [-0.25, -0.2) is 0 Å². The van der Waals surface area contributed by atoms with Crippen LogP contribution in [-0.2, 0) is 0 Å². The van der Waals surface area contributed by atoms with Gasteiger partial charge < -0.3 is 14.9 Å². The molecule has 8 aromatic rings. The van der Waals surface area contributed by atoms with Crippen LogP contribution < -0.4 is 5.73 Å². The van der Waals surface area contributed by atoms with Gasteiger partial charge in [0, 0.05) is 50.3 Å². The third-order valence-corrected chi connectivity index (χ3v) is 11.4. The Morgan fingerprint density at radius 1 is 0.604 bits per heavy atom. The maximum atomic E-state index is 6.93. The van der Waals surface area contributed by atoms with Crippen molar-refractivity contribution in [1.29, 1.82) is 0 Å². The fourth-order valence-corrected chi connectivity index (χ4v) is 8.40. The van der Waals surface area contributed by atoms with Crippen LogP contribution in [0.5, 0.6) is 0 Å². The van der Waals surface area contributed by atoms with Crippen LogP contribution in [0.4, 0.5) is 0 Å². The molecule has 53 heavy (non-hydrogen) atoms. The Bertz CT molecular complexity index is 2770. The van der Waals surface area contributed by atoms with E-state index in [9.17, 15) is 0 Å². The average Bonchev–Trinajstić information content (AvgIpc) is 3.67. The van der Waals surface area contributed by atoms with Gasteiger partial charge in [-0.1, -0.05) is 161 Å². The highest BCUT2D eigenvalue weighted by molar-refractivity contribution is 6.19. The van der Waals surface area contributed by atoms with Crippen molar-refractivity contribution in [2.45, 2.75) is 40.2 Å². The van der Waals surface area contributed by atoms with Gasteiger partial charge in [0.2, 0.25) is 0 Å². The number of hydrogen-bond acceptors (Lipinski definition) is 1. The lowest BCUT2D eigenvalue weighted by Gasteiger charge is -2.28. The number of nitrogens with zero attached hydrogens (tertiary/aromatic N) is 2. The van der Waals surface area contributed by atoms with E-state index >= 15 is 0 Å². The van der Waals surface area contributed by atoms with Crippen LogP contribution >= 0.6 is 0 Å². The van der Waals surface area contributed by atoms with E-state index in [1.54, 1.807) is 0 Å². The molecule has 10 rings (SSSR count). The molecule has 3 nitrogen and oxygen atoms in total. The van der Waals surface area contributed by atoms with Crippen LogP contribution in [-0.4, -0.2) is 15.2 Å². The minimum atomic E-state index is -0.143. The first-order valence-corrected chi connectivity index (χ1v) is 19.0. The maximum absolute atomic E-state index is 6.93. The lowest BCUT2D eigenvalue weighted by molar-refractivity contribution is 0.626. The Morgan fingerprint density at radius 3 is 1.91 bits per heavy atom. The summed E-state index contributed by atoms with van der Waals surface area (Å²) < 4.78 is 5.02. The monoisotopic (exact) mass is 687 g/mol. The van der Waals surface area contributed by atoms with Gasteiger partial charge in [-0.05, 0) is 59.4 Å². The van der Waals surface area contributed by atoms with Gasteiger partial charge in [-0.3, -0.25) is 0 Å². The van der Waals surface area contributed by atoms with Gasteiger partial charge in [0.25, 0.3) is 0 Å². The molecule has 0 fully saturated rings. The third-order valence-electron chi connectivity index (χ3n) is 11.4. The zero-order valence-corrected chi connectivity index (χ0v) is 30.9. The Hall–Kier alpha value is -5.90. The van der Waals surface area contributed by atoms with Crippen LogP contribution in [0.2, 0.25) is 0 Å². The second kappa shape index (κ2) is 13.3. The molecule has 3 heterocycles. The van der Waals surface area contributed by atoms with Crippen molar-refractivity contribution in [2.24, 2.45) is 17.6 Å². The summed E-state index contributed by atoms with van der Waals surface area (Å²) in [5, 5.41) is 5.02. The molecule has 2 aliphatic rings. The normalized spacial score (nSPS) is 16.4. The molecular weight excluding hydrogens is 643 g/mol. The highest BCUT2D eigenvalue weighted by atomic mass is 15.0. The molecule has 2 aromatic heterocycles. The first-order valence-electron chi connectivity index (χ1n) is 19.0. The molecular formula is C50H45N3. The van der Waals surface area contributed by atoms with Crippen LogP contribution in [0, 0.1) is 11.8 Å². The second-order valence-electron chi connectivity index (χ2n) is 14.9. The number of nitrogens with two attached hydrogens (primary N) is 1.